The molecule has 1 aromatic carbocycles. The van der Waals surface area contributed by atoms with Crippen LogP contribution in [0.1, 0.15) is 32.0 Å². The maximum atomic E-state index is 12.3. The molecule has 5 heteroatoms. The van der Waals surface area contributed by atoms with Crippen molar-refractivity contribution >= 4 is 15.8 Å². The number of anilines is 1. The van der Waals surface area contributed by atoms with Gasteiger partial charge in [-0.3, -0.25) is 4.72 Å². The first-order valence-electron chi connectivity index (χ1n) is 6.75. The minimum Gasteiger partial charge on any atom is -0.263 e. The minimum absolute atomic E-state index is 0.0688. The molecular weight excluding hydrogens is 284 g/mol. The molecule has 0 aliphatic heterocycles. The highest BCUT2D eigenvalue weighted by molar-refractivity contribution is 7.92. The van der Waals surface area contributed by atoms with Gasteiger partial charge in [-0.05, 0) is 42.2 Å². The highest BCUT2D eigenvalue weighted by atomic mass is 32.2. The van der Waals surface area contributed by atoms with Gasteiger partial charge in [0.15, 0.2) is 0 Å². The third-order valence-corrected chi connectivity index (χ3v) is 4.48. The molecule has 1 aromatic heterocycles. The van der Waals surface area contributed by atoms with E-state index in [1.807, 2.05) is 13.0 Å². The van der Waals surface area contributed by atoms with Gasteiger partial charge in [-0.15, -0.1) is 0 Å². The van der Waals surface area contributed by atoms with Crippen LogP contribution in [-0.4, -0.2) is 13.4 Å². The van der Waals surface area contributed by atoms with Crippen LogP contribution in [0.2, 0.25) is 0 Å². The number of aromatic nitrogens is 1. The predicted octanol–water partition coefficient (Wildman–Crippen LogP) is 3.49. The van der Waals surface area contributed by atoms with Crippen LogP contribution in [0.3, 0.4) is 0 Å². The summed E-state index contributed by atoms with van der Waals surface area (Å²) in [5, 5.41) is 0. The SMILES string of the molecule is Cc1cc(C(C)(C)C)cc(NS(=O)(=O)c2ccccc2)n1. The zero-order chi connectivity index (χ0) is 15.7. The Morgan fingerprint density at radius 3 is 2.24 bits per heavy atom. The maximum absolute atomic E-state index is 12.3. The van der Waals surface area contributed by atoms with E-state index in [0.717, 1.165) is 11.3 Å². The van der Waals surface area contributed by atoms with E-state index in [1.165, 1.54) is 0 Å². The molecule has 4 nitrogen and oxygen atoms in total. The summed E-state index contributed by atoms with van der Waals surface area (Å²) in [6.45, 7) is 8.10. The Morgan fingerprint density at radius 1 is 1.05 bits per heavy atom. The van der Waals surface area contributed by atoms with E-state index in [2.05, 4.69) is 30.5 Å². The molecule has 0 unspecified atom stereocenters. The number of nitrogens with zero attached hydrogens (tertiary/aromatic N) is 1. The second-order valence-electron chi connectivity index (χ2n) is 6.05. The second-order valence-corrected chi connectivity index (χ2v) is 7.73. The van der Waals surface area contributed by atoms with Crippen LogP contribution in [0, 0.1) is 6.92 Å². The van der Waals surface area contributed by atoms with Gasteiger partial charge in [0.25, 0.3) is 10.0 Å². The normalized spacial score (nSPS) is 12.2. The van der Waals surface area contributed by atoms with Gasteiger partial charge in [-0.1, -0.05) is 39.0 Å². The van der Waals surface area contributed by atoms with Crippen molar-refractivity contribution in [2.24, 2.45) is 0 Å². The fourth-order valence-corrected chi connectivity index (χ4v) is 2.96. The second kappa shape index (κ2) is 5.48. The van der Waals surface area contributed by atoms with Crippen LogP contribution < -0.4 is 4.72 Å². The summed E-state index contributed by atoms with van der Waals surface area (Å²) in [7, 11) is -3.60. The van der Waals surface area contributed by atoms with Crippen molar-refractivity contribution in [2.75, 3.05) is 4.72 Å². The Morgan fingerprint density at radius 2 is 1.67 bits per heavy atom. The lowest BCUT2D eigenvalue weighted by Crippen LogP contribution is -2.17. The standard InChI is InChI=1S/C16H20N2O2S/c1-12-10-13(16(2,3)4)11-15(17-12)18-21(19,20)14-8-6-5-7-9-14/h5-11H,1-4H3,(H,17,18). The van der Waals surface area contributed by atoms with E-state index in [9.17, 15) is 8.42 Å². The minimum atomic E-state index is -3.60. The summed E-state index contributed by atoms with van der Waals surface area (Å²) < 4.78 is 27.2. The molecule has 0 radical (unpaired) electrons. The number of hydrogen-bond acceptors (Lipinski definition) is 3. The van der Waals surface area contributed by atoms with Crippen molar-refractivity contribution in [3.8, 4) is 0 Å². The van der Waals surface area contributed by atoms with Crippen molar-refractivity contribution in [3.63, 3.8) is 0 Å². The molecule has 0 saturated carbocycles. The van der Waals surface area contributed by atoms with E-state index < -0.39 is 10.0 Å². The summed E-state index contributed by atoms with van der Waals surface area (Å²) >= 11 is 0. The van der Waals surface area contributed by atoms with Gasteiger partial charge in [-0.2, -0.15) is 0 Å². The molecular formula is C16H20N2O2S. The van der Waals surface area contributed by atoms with Crippen molar-refractivity contribution in [2.45, 2.75) is 38.0 Å². The van der Waals surface area contributed by atoms with Gasteiger partial charge in [-0.25, -0.2) is 13.4 Å². The first-order chi connectivity index (χ1) is 9.68. The molecule has 0 fully saturated rings. The van der Waals surface area contributed by atoms with Gasteiger partial charge < -0.3 is 0 Å². The Hall–Kier alpha value is -1.88. The Bertz CT molecular complexity index is 733. The van der Waals surface area contributed by atoms with Gasteiger partial charge in [0.1, 0.15) is 5.82 Å². The van der Waals surface area contributed by atoms with E-state index >= 15 is 0 Å². The van der Waals surface area contributed by atoms with Crippen molar-refractivity contribution in [3.05, 3.63) is 53.7 Å². The van der Waals surface area contributed by atoms with Crippen LogP contribution in [0.4, 0.5) is 5.82 Å². The fourth-order valence-electron chi connectivity index (χ4n) is 1.95. The topological polar surface area (TPSA) is 59.1 Å². The molecule has 0 atom stereocenters. The van der Waals surface area contributed by atoms with Gasteiger partial charge in [0, 0.05) is 5.69 Å². The lowest BCUT2D eigenvalue weighted by Gasteiger charge is -2.20. The lowest BCUT2D eigenvalue weighted by molar-refractivity contribution is 0.588. The number of nitrogens with one attached hydrogen (secondary N) is 1. The quantitative estimate of drug-likeness (QED) is 0.944. The van der Waals surface area contributed by atoms with E-state index in [-0.39, 0.29) is 10.3 Å². The van der Waals surface area contributed by atoms with Gasteiger partial charge >= 0.3 is 0 Å². The van der Waals surface area contributed by atoms with Crippen molar-refractivity contribution in [1.82, 2.24) is 4.98 Å². The van der Waals surface area contributed by atoms with Gasteiger partial charge in [0.05, 0.1) is 4.90 Å². The summed E-state index contributed by atoms with van der Waals surface area (Å²) in [5.41, 5.74) is 1.76. The third-order valence-electron chi connectivity index (χ3n) is 3.11. The number of sulfonamides is 1. The number of hydrogen-bond donors (Lipinski definition) is 1. The first-order valence-corrected chi connectivity index (χ1v) is 8.24. The highest BCUT2D eigenvalue weighted by Gasteiger charge is 2.18. The number of aryl methyl sites for hydroxylation is 1. The third kappa shape index (κ3) is 3.82. The van der Waals surface area contributed by atoms with E-state index in [4.69, 9.17) is 0 Å². The zero-order valence-corrected chi connectivity index (χ0v) is 13.5. The molecule has 0 aliphatic carbocycles. The van der Waals surface area contributed by atoms with E-state index in [1.54, 1.807) is 36.4 Å². The molecule has 0 bridgehead atoms. The predicted molar refractivity (Wildman–Crippen MR) is 84.9 cm³/mol. The maximum Gasteiger partial charge on any atom is 0.263 e. The fraction of sp³-hybridized carbons (Fsp3) is 0.312. The lowest BCUT2D eigenvalue weighted by atomic mass is 9.87. The number of pyridine rings is 1. The Balaban J connectivity index is 2.38. The molecule has 1 N–H and O–H groups in total. The highest BCUT2D eigenvalue weighted by Crippen LogP contribution is 2.25. The number of benzene rings is 1. The first kappa shape index (κ1) is 15.5. The van der Waals surface area contributed by atoms with E-state index in [0.29, 0.717) is 5.82 Å². The summed E-state index contributed by atoms with van der Waals surface area (Å²) in [6.07, 6.45) is 0. The smallest absolute Gasteiger partial charge is 0.263 e. The number of rotatable bonds is 3. The van der Waals surface area contributed by atoms with Crippen LogP contribution >= 0.6 is 0 Å². The molecule has 2 rings (SSSR count). The van der Waals surface area contributed by atoms with Crippen LogP contribution in [0.15, 0.2) is 47.4 Å². The summed E-state index contributed by atoms with van der Waals surface area (Å²) in [5.74, 6) is 0.351. The van der Waals surface area contributed by atoms with Crippen molar-refractivity contribution < 1.29 is 8.42 Å². The molecule has 1 heterocycles. The molecule has 0 saturated heterocycles. The van der Waals surface area contributed by atoms with Crippen LogP contribution in [0.5, 0.6) is 0 Å². The Kier molecular flexibility index (Phi) is 4.05. The van der Waals surface area contributed by atoms with Crippen molar-refractivity contribution in [1.29, 1.82) is 0 Å². The average Bonchev–Trinajstić information content (AvgIpc) is 2.37. The molecule has 112 valence electrons. The molecule has 2 aromatic rings. The van der Waals surface area contributed by atoms with Crippen LogP contribution in [-0.2, 0) is 15.4 Å². The largest absolute Gasteiger partial charge is 0.263 e. The molecule has 21 heavy (non-hydrogen) atoms. The summed E-state index contributed by atoms with van der Waals surface area (Å²) in [6, 6.07) is 12.0. The average molecular weight is 304 g/mol. The van der Waals surface area contributed by atoms with Crippen LogP contribution in [0.25, 0.3) is 0 Å². The summed E-state index contributed by atoms with van der Waals surface area (Å²) in [4.78, 5) is 4.50. The zero-order valence-electron chi connectivity index (χ0n) is 12.7. The monoisotopic (exact) mass is 304 g/mol. The Labute approximate surface area is 126 Å². The molecule has 0 amide bonds. The van der Waals surface area contributed by atoms with Gasteiger partial charge in [0.2, 0.25) is 0 Å². The molecule has 0 spiro atoms. The molecule has 0 aliphatic rings.